The van der Waals surface area contributed by atoms with Crippen molar-refractivity contribution in [3.8, 4) is 0 Å². The molecule has 0 aliphatic carbocycles. The van der Waals surface area contributed by atoms with Crippen LogP contribution in [-0.4, -0.2) is 62.7 Å². The van der Waals surface area contributed by atoms with E-state index in [4.69, 9.17) is 0 Å². The lowest BCUT2D eigenvalue weighted by atomic mass is 9.97. The maximum Gasteiger partial charge on any atom is 0.0110 e. The predicted octanol–water partition coefficient (Wildman–Crippen LogP) is 0.233. The number of hydrogen-bond donors (Lipinski definition) is 1. The van der Waals surface area contributed by atoms with Gasteiger partial charge in [-0.15, -0.1) is 0 Å². The molecule has 1 N–H and O–H groups in total. The van der Waals surface area contributed by atoms with E-state index in [2.05, 4.69) is 22.2 Å². The average Bonchev–Trinajstić information content (AvgIpc) is 2.12. The Balaban J connectivity index is 1.52. The van der Waals surface area contributed by atoms with Gasteiger partial charge in [-0.2, -0.15) is 0 Å². The van der Waals surface area contributed by atoms with Crippen LogP contribution in [0.5, 0.6) is 0 Å². The fraction of sp³-hybridized carbons (Fsp3) is 1.00. The molecular formula is C11H23N3. The van der Waals surface area contributed by atoms with Gasteiger partial charge in [0.15, 0.2) is 0 Å². The zero-order chi connectivity index (χ0) is 9.80. The minimum Gasteiger partial charge on any atom is -0.316 e. The average molecular weight is 197 g/mol. The second-order valence-corrected chi connectivity index (χ2v) is 4.81. The van der Waals surface area contributed by atoms with Crippen molar-refractivity contribution in [2.24, 2.45) is 5.92 Å². The molecule has 0 radical (unpaired) electrons. The minimum atomic E-state index is 0.988. The number of nitrogens with one attached hydrogen (secondary N) is 1. The van der Waals surface area contributed by atoms with Crippen molar-refractivity contribution in [1.29, 1.82) is 0 Å². The van der Waals surface area contributed by atoms with Crippen molar-refractivity contribution in [3.05, 3.63) is 0 Å². The van der Waals surface area contributed by atoms with E-state index in [1.54, 1.807) is 0 Å². The molecule has 0 saturated carbocycles. The van der Waals surface area contributed by atoms with E-state index in [1.807, 2.05) is 0 Å². The standard InChI is InChI=1S/C11H23N3/c1-13-5-7-14(8-6-13)4-2-3-11-9-12-10-11/h11-12H,2-10H2,1H3. The fourth-order valence-electron chi connectivity index (χ4n) is 2.23. The first-order valence-corrected chi connectivity index (χ1v) is 5.96. The largest absolute Gasteiger partial charge is 0.316 e. The van der Waals surface area contributed by atoms with Gasteiger partial charge >= 0.3 is 0 Å². The summed E-state index contributed by atoms with van der Waals surface area (Å²) in [5.74, 6) is 0.988. The smallest absolute Gasteiger partial charge is 0.0110 e. The Kier molecular flexibility index (Phi) is 3.79. The summed E-state index contributed by atoms with van der Waals surface area (Å²) >= 11 is 0. The van der Waals surface area contributed by atoms with Gasteiger partial charge in [0.05, 0.1) is 0 Å². The molecule has 2 saturated heterocycles. The monoisotopic (exact) mass is 197 g/mol. The van der Waals surface area contributed by atoms with Gasteiger partial charge in [-0.25, -0.2) is 0 Å². The molecule has 0 aromatic heterocycles. The van der Waals surface area contributed by atoms with Crippen LogP contribution in [0.3, 0.4) is 0 Å². The normalized spacial score (nSPS) is 26.4. The van der Waals surface area contributed by atoms with Crippen LogP contribution < -0.4 is 5.32 Å². The lowest BCUT2D eigenvalue weighted by molar-refractivity contribution is 0.148. The van der Waals surface area contributed by atoms with Crippen molar-refractivity contribution < 1.29 is 0 Å². The van der Waals surface area contributed by atoms with Crippen LogP contribution in [0.4, 0.5) is 0 Å². The second kappa shape index (κ2) is 5.10. The molecule has 2 fully saturated rings. The molecule has 3 heteroatoms. The van der Waals surface area contributed by atoms with Gasteiger partial charge in [0.25, 0.3) is 0 Å². The van der Waals surface area contributed by atoms with Crippen molar-refractivity contribution in [2.75, 3.05) is 52.9 Å². The molecule has 14 heavy (non-hydrogen) atoms. The summed E-state index contributed by atoms with van der Waals surface area (Å²) in [6, 6.07) is 0. The number of nitrogens with zero attached hydrogens (tertiary/aromatic N) is 2. The molecule has 0 amide bonds. The zero-order valence-corrected chi connectivity index (χ0v) is 9.34. The third-order valence-electron chi connectivity index (χ3n) is 3.55. The van der Waals surface area contributed by atoms with E-state index in [1.165, 1.54) is 58.7 Å². The van der Waals surface area contributed by atoms with Crippen LogP contribution in [0, 0.1) is 5.92 Å². The highest BCUT2D eigenvalue weighted by molar-refractivity contribution is 4.75. The molecule has 2 aliphatic rings. The summed E-state index contributed by atoms with van der Waals surface area (Å²) in [5, 5.41) is 3.34. The van der Waals surface area contributed by atoms with Crippen LogP contribution >= 0.6 is 0 Å². The molecule has 2 aliphatic heterocycles. The topological polar surface area (TPSA) is 18.5 Å². The Morgan fingerprint density at radius 1 is 1.14 bits per heavy atom. The Labute approximate surface area is 87.4 Å². The van der Waals surface area contributed by atoms with E-state index >= 15 is 0 Å². The summed E-state index contributed by atoms with van der Waals surface area (Å²) in [5.41, 5.74) is 0. The van der Waals surface area contributed by atoms with Crippen LogP contribution in [0.25, 0.3) is 0 Å². The lowest BCUT2D eigenvalue weighted by Crippen LogP contribution is -2.45. The minimum absolute atomic E-state index is 0.988. The van der Waals surface area contributed by atoms with E-state index in [0.29, 0.717) is 0 Å². The molecular weight excluding hydrogens is 174 g/mol. The van der Waals surface area contributed by atoms with Crippen LogP contribution in [0.15, 0.2) is 0 Å². The van der Waals surface area contributed by atoms with E-state index < -0.39 is 0 Å². The van der Waals surface area contributed by atoms with E-state index in [9.17, 15) is 0 Å². The molecule has 0 bridgehead atoms. The van der Waals surface area contributed by atoms with Crippen LogP contribution in [0.1, 0.15) is 12.8 Å². The highest BCUT2D eigenvalue weighted by Crippen LogP contribution is 2.11. The quantitative estimate of drug-likeness (QED) is 0.696. The maximum absolute atomic E-state index is 3.34. The maximum atomic E-state index is 3.34. The molecule has 2 heterocycles. The van der Waals surface area contributed by atoms with Crippen molar-refractivity contribution in [3.63, 3.8) is 0 Å². The Morgan fingerprint density at radius 2 is 1.86 bits per heavy atom. The van der Waals surface area contributed by atoms with Gasteiger partial charge in [0.2, 0.25) is 0 Å². The number of likely N-dealkylation sites (N-methyl/N-ethyl adjacent to an activating group) is 1. The van der Waals surface area contributed by atoms with Gasteiger partial charge in [-0.3, -0.25) is 0 Å². The van der Waals surface area contributed by atoms with E-state index in [0.717, 1.165) is 5.92 Å². The first-order valence-electron chi connectivity index (χ1n) is 5.96. The summed E-state index contributed by atoms with van der Waals surface area (Å²) in [7, 11) is 2.22. The lowest BCUT2D eigenvalue weighted by Gasteiger charge is -2.33. The van der Waals surface area contributed by atoms with Crippen molar-refractivity contribution in [2.45, 2.75) is 12.8 Å². The Bertz CT molecular complexity index is 160. The molecule has 0 atom stereocenters. The first kappa shape index (κ1) is 10.4. The van der Waals surface area contributed by atoms with Gasteiger partial charge in [-0.1, -0.05) is 0 Å². The fourth-order valence-corrected chi connectivity index (χ4v) is 2.23. The van der Waals surface area contributed by atoms with Crippen molar-refractivity contribution >= 4 is 0 Å². The summed E-state index contributed by atoms with van der Waals surface area (Å²) in [4.78, 5) is 5.04. The first-order chi connectivity index (χ1) is 6.84. The van der Waals surface area contributed by atoms with Gasteiger partial charge in [0, 0.05) is 26.2 Å². The Hall–Kier alpha value is -0.120. The molecule has 3 nitrogen and oxygen atoms in total. The Morgan fingerprint density at radius 3 is 2.43 bits per heavy atom. The molecule has 0 spiro atoms. The highest BCUT2D eigenvalue weighted by atomic mass is 15.2. The summed E-state index contributed by atoms with van der Waals surface area (Å²) in [6.07, 6.45) is 2.83. The van der Waals surface area contributed by atoms with Crippen LogP contribution in [-0.2, 0) is 0 Å². The summed E-state index contributed by atoms with van der Waals surface area (Å²) in [6.45, 7) is 8.92. The molecule has 0 aromatic rings. The molecule has 82 valence electrons. The third kappa shape index (κ3) is 2.94. The zero-order valence-electron chi connectivity index (χ0n) is 9.34. The molecule has 0 unspecified atom stereocenters. The summed E-state index contributed by atoms with van der Waals surface area (Å²) < 4.78 is 0. The van der Waals surface area contributed by atoms with Crippen molar-refractivity contribution in [1.82, 2.24) is 15.1 Å². The number of piperazine rings is 1. The van der Waals surface area contributed by atoms with Gasteiger partial charge < -0.3 is 15.1 Å². The highest BCUT2D eigenvalue weighted by Gasteiger charge is 2.17. The van der Waals surface area contributed by atoms with Gasteiger partial charge in [0.1, 0.15) is 0 Å². The molecule has 0 aromatic carbocycles. The SMILES string of the molecule is CN1CCN(CCCC2CNC2)CC1. The number of rotatable bonds is 4. The van der Waals surface area contributed by atoms with Gasteiger partial charge in [-0.05, 0) is 45.4 Å². The second-order valence-electron chi connectivity index (χ2n) is 4.81. The number of hydrogen-bond acceptors (Lipinski definition) is 3. The molecule has 2 rings (SSSR count). The predicted molar refractivity (Wildman–Crippen MR) is 59.5 cm³/mol. The third-order valence-corrected chi connectivity index (χ3v) is 3.55. The van der Waals surface area contributed by atoms with Crippen LogP contribution in [0.2, 0.25) is 0 Å². The van der Waals surface area contributed by atoms with E-state index in [-0.39, 0.29) is 0 Å².